The largest absolute Gasteiger partial charge is 0.544 e. The van der Waals surface area contributed by atoms with Gasteiger partial charge in [-0.2, -0.15) is 0 Å². The molecular formula is C26H36Cl2O3Si. The van der Waals surface area contributed by atoms with E-state index in [2.05, 4.69) is 58.2 Å². The molecule has 2 rings (SSSR count). The van der Waals surface area contributed by atoms with Crippen molar-refractivity contribution in [3.63, 3.8) is 0 Å². The minimum atomic E-state index is -1.84. The first-order chi connectivity index (χ1) is 15.1. The zero-order valence-electron chi connectivity index (χ0n) is 19.9. The highest BCUT2D eigenvalue weighted by Gasteiger charge is 2.38. The first-order valence-electron chi connectivity index (χ1n) is 11.1. The van der Waals surface area contributed by atoms with E-state index in [1.165, 1.54) is 0 Å². The molecule has 2 aromatic rings. The summed E-state index contributed by atoms with van der Waals surface area (Å²) in [5.74, 6) is 3.63. The van der Waals surface area contributed by atoms with E-state index in [4.69, 9.17) is 37.1 Å². The van der Waals surface area contributed by atoms with Crippen LogP contribution in [0.3, 0.4) is 0 Å². The van der Waals surface area contributed by atoms with E-state index in [1.54, 1.807) is 0 Å². The van der Waals surface area contributed by atoms with E-state index >= 15 is 0 Å². The lowest BCUT2D eigenvalue weighted by atomic mass is 10.1. The van der Waals surface area contributed by atoms with Gasteiger partial charge in [-0.3, -0.25) is 0 Å². The SMILES string of the molecule is CC(C)(C)[Si](C)(C)Oc1ccc(/C=C/c2cc(OCCCCl)cc(OCCCCl)c2)cc1. The van der Waals surface area contributed by atoms with Crippen molar-refractivity contribution in [1.29, 1.82) is 0 Å². The smallest absolute Gasteiger partial charge is 0.250 e. The van der Waals surface area contributed by atoms with Crippen molar-refractivity contribution in [3.05, 3.63) is 53.6 Å². The maximum Gasteiger partial charge on any atom is 0.250 e. The summed E-state index contributed by atoms with van der Waals surface area (Å²) < 4.78 is 18.0. The van der Waals surface area contributed by atoms with Crippen LogP contribution in [0, 0.1) is 0 Å². The first-order valence-corrected chi connectivity index (χ1v) is 15.1. The van der Waals surface area contributed by atoms with Crippen molar-refractivity contribution >= 4 is 43.7 Å². The molecule has 0 saturated carbocycles. The third kappa shape index (κ3) is 8.72. The zero-order chi connectivity index (χ0) is 23.6. The van der Waals surface area contributed by atoms with E-state index in [0.29, 0.717) is 25.0 Å². The molecule has 0 bridgehead atoms. The van der Waals surface area contributed by atoms with Crippen LogP contribution in [0.4, 0.5) is 0 Å². The lowest BCUT2D eigenvalue weighted by molar-refractivity contribution is 0.302. The van der Waals surface area contributed by atoms with Gasteiger partial charge >= 0.3 is 0 Å². The molecule has 0 aliphatic carbocycles. The highest BCUT2D eigenvalue weighted by Crippen LogP contribution is 2.37. The fourth-order valence-corrected chi connectivity index (χ4v) is 3.88. The molecule has 0 aliphatic heterocycles. The van der Waals surface area contributed by atoms with Crippen molar-refractivity contribution in [1.82, 2.24) is 0 Å². The molecule has 6 heteroatoms. The van der Waals surface area contributed by atoms with Crippen molar-refractivity contribution in [3.8, 4) is 17.2 Å². The van der Waals surface area contributed by atoms with Gasteiger partial charge in [0.2, 0.25) is 8.32 Å². The van der Waals surface area contributed by atoms with Crippen LogP contribution in [0.5, 0.6) is 17.2 Å². The van der Waals surface area contributed by atoms with Crippen LogP contribution in [-0.4, -0.2) is 33.3 Å². The summed E-state index contributed by atoms with van der Waals surface area (Å²) in [6.07, 6.45) is 5.74. The predicted molar refractivity (Wildman–Crippen MR) is 141 cm³/mol. The Morgan fingerprint density at radius 3 is 1.72 bits per heavy atom. The Kier molecular flexibility index (Phi) is 10.5. The summed E-state index contributed by atoms with van der Waals surface area (Å²) in [5.41, 5.74) is 2.11. The van der Waals surface area contributed by atoms with E-state index in [0.717, 1.165) is 41.2 Å². The number of hydrogen-bond donors (Lipinski definition) is 0. The fourth-order valence-electron chi connectivity index (χ4n) is 2.63. The fraction of sp³-hybridized carbons (Fsp3) is 0.462. The molecule has 3 nitrogen and oxygen atoms in total. The molecule has 0 unspecified atom stereocenters. The molecule has 0 spiro atoms. The van der Waals surface area contributed by atoms with Gasteiger partial charge in [0.05, 0.1) is 13.2 Å². The number of rotatable bonds is 12. The monoisotopic (exact) mass is 494 g/mol. The van der Waals surface area contributed by atoms with E-state index < -0.39 is 8.32 Å². The Morgan fingerprint density at radius 2 is 1.25 bits per heavy atom. The summed E-state index contributed by atoms with van der Waals surface area (Å²) in [7, 11) is -1.84. The minimum absolute atomic E-state index is 0.173. The van der Waals surface area contributed by atoms with Gasteiger partial charge in [0.15, 0.2) is 0 Å². The van der Waals surface area contributed by atoms with Crippen molar-refractivity contribution in [2.75, 3.05) is 25.0 Å². The molecule has 0 atom stereocenters. The van der Waals surface area contributed by atoms with Gasteiger partial charge in [-0.05, 0) is 66.4 Å². The van der Waals surface area contributed by atoms with Crippen molar-refractivity contribution in [2.45, 2.75) is 51.7 Å². The Morgan fingerprint density at radius 1 is 0.750 bits per heavy atom. The Bertz CT molecular complexity index is 830. The average Bonchev–Trinajstić information content (AvgIpc) is 2.73. The van der Waals surface area contributed by atoms with Crippen LogP contribution in [0.15, 0.2) is 42.5 Å². The van der Waals surface area contributed by atoms with Crippen molar-refractivity contribution < 1.29 is 13.9 Å². The molecule has 32 heavy (non-hydrogen) atoms. The number of halogens is 2. The second kappa shape index (κ2) is 12.6. The number of hydrogen-bond acceptors (Lipinski definition) is 3. The lowest BCUT2D eigenvalue weighted by Crippen LogP contribution is -2.43. The molecule has 0 aliphatic rings. The molecule has 0 saturated heterocycles. The summed E-state index contributed by atoms with van der Waals surface area (Å²) in [6.45, 7) is 12.4. The molecule has 0 amide bonds. The number of ether oxygens (including phenoxy) is 2. The van der Waals surface area contributed by atoms with Gasteiger partial charge in [-0.1, -0.05) is 45.1 Å². The Balaban J connectivity index is 2.12. The highest BCUT2D eigenvalue weighted by molar-refractivity contribution is 6.74. The second-order valence-corrected chi connectivity index (χ2v) is 14.8. The topological polar surface area (TPSA) is 27.7 Å². The molecule has 0 heterocycles. The van der Waals surface area contributed by atoms with Crippen molar-refractivity contribution in [2.24, 2.45) is 0 Å². The Labute approximate surface area is 204 Å². The molecule has 0 radical (unpaired) electrons. The van der Waals surface area contributed by atoms with Crippen LogP contribution >= 0.6 is 23.2 Å². The third-order valence-corrected chi connectivity index (χ3v) is 10.4. The van der Waals surface area contributed by atoms with Gasteiger partial charge in [0, 0.05) is 17.8 Å². The Hall–Kier alpha value is -1.62. The predicted octanol–water partition coefficient (Wildman–Crippen LogP) is 8.26. The highest BCUT2D eigenvalue weighted by atomic mass is 35.5. The molecule has 0 N–H and O–H groups in total. The van der Waals surface area contributed by atoms with Gasteiger partial charge < -0.3 is 13.9 Å². The zero-order valence-corrected chi connectivity index (χ0v) is 22.4. The summed E-state index contributed by atoms with van der Waals surface area (Å²) >= 11 is 11.5. The molecule has 0 aromatic heterocycles. The number of alkyl halides is 2. The molecule has 0 fully saturated rings. The average molecular weight is 496 g/mol. The van der Waals surface area contributed by atoms with E-state index in [-0.39, 0.29) is 5.04 Å². The van der Waals surface area contributed by atoms with Crippen LogP contribution < -0.4 is 13.9 Å². The number of benzene rings is 2. The standard InChI is InChI=1S/C26H36Cl2O3Si/c1-26(2,3)32(4,5)31-23-12-10-21(11-13-23)8-9-22-18-24(29-16-6-14-27)20-25(19-22)30-17-7-15-28/h8-13,18-20H,6-7,14-17H2,1-5H3/b9-8+. The maximum atomic E-state index is 6.37. The lowest BCUT2D eigenvalue weighted by Gasteiger charge is -2.36. The van der Waals surface area contributed by atoms with Crippen LogP contribution in [-0.2, 0) is 0 Å². The van der Waals surface area contributed by atoms with Gasteiger partial charge in [0.25, 0.3) is 0 Å². The van der Waals surface area contributed by atoms with Gasteiger partial charge in [-0.25, -0.2) is 0 Å². The maximum absolute atomic E-state index is 6.37. The van der Waals surface area contributed by atoms with Crippen LogP contribution in [0.25, 0.3) is 12.2 Å². The molecular weight excluding hydrogens is 459 g/mol. The van der Waals surface area contributed by atoms with E-state index in [1.807, 2.05) is 30.3 Å². The van der Waals surface area contributed by atoms with Crippen LogP contribution in [0.2, 0.25) is 18.1 Å². The normalized spacial score (nSPS) is 12.2. The van der Waals surface area contributed by atoms with E-state index in [9.17, 15) is 0 Å². The minimum Gasteiger partial charge on any atom is -0.544 e. The summed E-state index contributed by atoms with van der Waals surface area (Å²) in [5, 5.41) is 0.173. The second-order valence-electron chi connectivity index (χ2n) is 9.28. The van der Waals surface area contributed by atoms with Crippen LogP contribution in [0.1, 0.15) is 44.7 Å². The summed E-state index contributed by atoms with van der Waals surface area (Å²) in [6, 6.07) is 14.2. The first kappa shape index (κ1) is 26.6. The van der Waals surface area contributed by atoms with Gasteiger partial charge in [-0.15, -0.1) is 23.2 Å². The molecule has 176 valence electrons. The molecule has 2 aromatic carbocycles. The third-order valence-electron chi connectivity index (χ3n) is 5.52. The quantitative estimate of drug-likeness (QED) is 0.128. The van der Waals surface area contributed by atoms with Gasteiger partial charge in [0.1, 0.15) is 17.2 Å². The summed E-state index contributed by atoms with van der Waals surface area (Å²) in [4.78, 5) is 0.